The predicted octanol–water partition coefficient (Wildman–Crippen LogP) is 7.02. The summed E-state index contributed by atoms with van der Waals surface area (Å²) in [5.74, 6) is 6.64. The lowest BCUT2D eigenvalue weighted by atomic mass is 9.99. The van der Waals surface area contributed by atoms with Crippen molar-refractivity contribution in [3.63, 3.8) is 0 Å². The minimum absolute atomic E-state index is 0.144. The van der Waals surface area contributed by atoms with Gasteiger partial charge in [0, 0.05) is 23.0 Å². The van der Waals surface area contributed by atoms with E-state index in [1.54, 1.807) is 0 Å². The second-order valence-electron chi connectivity index (χ2n) is 8.48. The van der Waals surface area contributed by atoms with Crippen molar-refractivity contribution in [1.29, 1.82) is 0 Å². The third-order valence-electron chi connectivity index (χ3n) is 5.78. The molecule has 0 aliphatic heterocycles. The summed E-state index contributed by atoms with van der Waals surface area (Å²) < 4.78 is 1.07. The van der Waals surface area contributed by atoms with E-state index >= 15 is 0 Å². The molecule has 0 amide bonds. The second kappa shape index (κ2) is 14.6. The largest absolute Gasteiger partial charge is 0.391 e. The van der Waals surface area contributed by atoms with Gasteiger partial charge in [0.15, 0.2) is 0 Å². The van der Waals surface area contributed by atoms with Crippen LogP contribution in [-0.2, 0) is 13.0 Å². The Morgan fingerprint density at radius 2 is 1.62 bits per heavy atom. The van der Waals surface area contributed by atoms with E-state index in [2.05, 4.69) is 82.1 Å². The minimum atomic E-state index is -0.540. The molecule has 34 heavy (non-hydrogen) atoms. The molecule has 176 valence electrons. The van der Waals surface area contributed by atoms with Crippen LogP contribution in [0.4, 0.5) is 0 Å². The molecule has 0 heterocycles. The molecule has 0 aliphatic carbocycles. The van der Waals surface area contributed by atoms with E-state index in [9.17, 15) is 5.11 Å². The van der Waals surface area contributed by atoms with Gasteiger partial charge in [-0.3, -0.25) is 4.90 Å². The molecule has 0 spiro atoms. The van der Waals surface area contributed by atoms with Crippen LogP contribution in [0.2, 0.25) is 0 Å². The standard InChI is InChI=1S/C31H34BrNO/c1-2-3-4-11-22-30(31(34)24-27-17-9-6-10-18-27)33(25-28-20-12-13-21-29(28)32)23-14-19-26-15-7-5-8-16-26/h5-13,15-18,20-22,30-31,34H,2-4,23-25H2,1H3/b22-11+/t30-,31+/m1/s1. The van der Waals surface area contributed by atoms with Crippen molar-refractivity contribution in [2.24, 2.45) is 0 Å². The van der Waals surface area contributed by atoms with Crippen LogP contribution in [-0.4, -0.2) is 28.7 Å². The Kier molecular flexibility index (Phi) is 11.1. The lowest BCUT2D eigenvalue weighted by Gasteiger charge is -2.32. The Morgan fingerprint density at radius 1 is 0.941 bits per heavy atom. The topological polar surface area (TPSA) is 23.5 Å². The zero-order chi connectivity index (χ0) is 24.0. The lowest BCUT2D eigenvalue weighted by Crippen LogP contribution is -2.43. The summed E-state index contributed by atoms with van der Waals surface area (Å²) in [4.78, 5) is 2.28. The summed E-state index contributed by atoms with van der Waals surface area (Å²) in [5, 5.41) is 11.4. The first-order valence-electron chi connectivity index (χ1n) is 12.1. The molecule has 0 aliphatic rings. The molecule has 0 radical (unpaired) electrons. The highest BCUT2D eigenvalue weighted by Gasteiger charge is 2.24. The van der Waals surface area contributed by atoms with Crippen LogP contribution in [0.1, 0.15) is 42.9 Å². The fraction of sp³-hybridized carbons (Fsp3) is 0.290. The summed E-state index contributed by atoms with van der Waals surface area (Å²) in [6.07, 6.45) is 7.79. The SMILES string of the molecule is CCCC/C=C/[C@H]([C@@H](O)Cc1ccccc1)N(CC#Cc1ccccc1)Cc1ccccc1Br. The van der Waals surface area contributed by atoms with E-state index in [1.807, 2.05) is 54.6 Å². The van der Waals surface area contributed by atoms with Gasteiger partial charge in [-0.2, -0.15) is 0 Å². The van der Waals surface area contributed by atoms with Crippen LogP contribution < -0.4 is 0 Å². The van der Waals surface area contributed by atoms with Gasteiger partial charge < -0.3 is 5.11 Å². The molecular formula is C31H34BrNO. The van der Waals surface area contributed by atoms with E-state index in [0.29, 0.717) is 19.5 Å². The van der Waals surface area contributed by atoms with Crippen molar-refractivity contribution in [2.45, 2.75) is 51.3 Å². The Bertz CT molecular complexity index is 1070. The number of hydrogen-bond acceptors (Lipinski definition) is 2. The smallest absolute Gasteiger partial charge is 0.0771 e. The molecule has 3 aromatic rings. The Labute approximate surface area is 213 Å². The number of nitrogens with zero attached hydrogens (tertiary/aromatic N) is 1. The Morgan fingerprint density at radius 3 is 2.32 bits per heavy atom. The minimum Gasteiger partial charge on any atom is -0.391 e. The third kappa shape index (κ3) is 8.61. The highest BCUT2D eigenvalue weighted by molar-refractivity contribution is 9.10. The molecule has 0 saturated heterocycles. The average molecular weight is 517 g/mol. The maximum Gasteiger partial charge on any atom is 0.0771 e. The molecule has 2 atom stereocenters. The first kappa shape index (κ1) is 26.0. The van der Waals surface area contributed by atoms with Gasteiger partial charge in [-0.05, 0) is 35.7 Å². The monoisotopic (exact) mass is 515 g/mol. The zero-order valence-electron chi connectivity index (χ0n) is 19.9. The van der Waals surface area contributed by atoms with Gasteiger partial charge in [0.1, 0.15) is 0 Å². The number of hydrogen-bond donors (Lipinski definition) is 1. The Balaban J connectivity index is 1.88. The number of benzene rings is 3. The fourth-order valence-electron chi connectivity index (χ4n) is 3.90. The van der Waals surface area contributed by atoms with Gasteiger partial charge in [0.05, 0.1) is 18.7 Å². The first-order chi connectivity index (χ1) is 16.7. The summed E-state index contributed by atoms with van der Waals surface area (Å²) in [7, 11) is 0. The highest BCUT2D eigenvalue weighted by atomic mass is 79.9. The number of halogens is 1. The normalized spacial score (nSPS) is 12.9. The van der Waals surface area contributed by atoms with Gasteiger partial charge in [-0.1, -0.05) is 126 Å². The zero-order valence-corrected chi connectivity index (χ0v) is 21.5. The average Bonchev–Trinajstić information content (AvgIpc) is 2.86. The second-order valence-corrected chi connectivity index (χ2v) is 9.34. The van der Waals surface area contributed by atoms with Gasteiger partial charge in [-0.15, -0.1) is 0 Å². The summed E-state index contributed by atoms with van der Waals surface area (Å²) in [6.45, 7) is 3.46. The number of rotatable bonds is 11. The van der Waals surface area contributed by atoms with Crippen molar-refractivity contribution in [1.82, 2.24) is 4.90 Å². The van der Waals surface area contributed by atoms with Crippen LogP contribution in [0, 0.1) is 11.8 Å². The molecule has 1 N–H and O–H groups in total. The number of allylic oxidation sites excluding steroid dienone is 1. The molecular weight excluding hydrogens is 482 g/mol. The fourth-order valence-corrected chi connectivity index (χ4v) is 4.31. The summed E-state index contributed by atoms with van der Waals surface area (Å²) in [6, 6.07) is 28.4. The number of aliphatic hydroxyl groups is 1. The van der Waals surface area contributed by atoms with E-state index < -0.39 is 6.10 Å². The molecule has 0 aromatic heterocycles. The van der Waals surface area contributed by atoms with Crippen LogP contribution >= 0.6 is 15.9 Å². The van der Waals surface area contributed by atoms with Gasteiger partial charge in [0.2, 0.25) is 0 Å². The highest BCUT2D eigenvalue weighted by Crippen LogP contribution is 2.21. The quantitative estimate of drug-likeness (QED) is 0.168. The summed E-state index contributed by atoms with van der Waals surface area (Å²) in [5.41, 5.74) is 3.32. The van der Waals surface area contributed by atoms with Crippen molar-refractivity contribution in [3.05, 3.63) is 118 Å². The van der Waals surface area contributed by atoms with Crippen molar-refractivity contribution >= 4 is 15.9 Å². The maximum atomic E-state index is 11.4. The molecule has 2 nitrogen and oxygen atoms in total. The van der Waals surface area contributed by atoms with Gasteiger partial charge >= 0.3 is 0 Å². The third-order valence-corrected chi connectivity index (χ3v) is 6.55. The van der Waals surface area contributed by atoms with Crippen LogP contribution in [0.25, 0.3) is 0 Å². The van der Waals surface area contributed by atoms with Crippen LogP contribution in [0.15, 0.2) is 102 Å². The van der Waals surface area contributed by atoms with Crippen LogP contribution in [0.3, 0.4) is 0 Å². The van der Waals surface area contributed by atoms with Crippen LogP contribution in [0.5, 0.6) is 0 Å². The number of aliphatic hydroxyl groups excluding tert-OH is 1. The van der Waals surface area contributed by atoms with Gasteiger partial charge in [0.25, 0.3) is 0 Å². The predicted molar refractivity (Wildman–Crippen MR) is 146 cm³/mol. The molecule has 0 fully saturated rings. The van der Waals surface area contributed by atoms with Crippen molar-refractivity contribution in [3.8, 4) is 11.8 Å². The first-order valence-corrected chi connectivity index (χ1v) is 12.9. The Hall–Kier alpha value is -2.64. The van der Waals surface area contributed by atoms with E-state index in [-0.39, 0.29) is 6.04 Å². The van der Waals surface area contributed by atoms with Gasteiger partial charge in [-0.25, -0.2) is 0 Å². The molecule has 3 rings (SSSR count). The molecule has 0 bridgehead atoms. The maximum absolute atomic E-state index is 11.4. The summed E-state index contributed by atoms with van der Waals surface area (Å²) >= 11 is 3.70. The molecule has 0 saturated carbocycles. The van der Waals surface area contributed by atoms with Crippen molar-refractivity contribution < 1.29 is 5.11 Å². The van der Waals surface area contributed by atoms with E-state index in [0.717, 1.165) is 34.9 Å². The van der Waals surface area contributed by atoms with E-state index in [4.69, 9.17) is 0 Å². The van der Waals surface area contributed by atoms with E-state index in [1.165, 1.54) is 5.56 Å². The molecule has 3 aromatic carbocycles. The van der Waals surface area contributed by atoms with Crippen molar-refractivity contribution in [2.75, 3.05) is 6.54 Å². The molecule has 0 unspecified atom stereocenters. The number of unbranched alkanes of at least 4 members (excludes halogenated alkanes) is 2. The molecule has 3 heteroatoms. The lowest BCUT2D eigenvalue weighted by molar-refractivity contribution is 0.0768.